The van der Waals surface area contributed by atoms with Crippen LogP contribution < -0.4 is 0 Å². The van der Waals surface area contributed by atoms with Crippen molar-refractivity contribution in [2.24, 2.45) is 5.41 Å². The molecule has 1 aliphatic carbocycles. The quantitative estimate of drug-likeness (QED) is 0.550. The summed E-state index contributed by atoms with van der Waals surface area (Å²) in [6.07, 6.45) is 3.38. The summed E-state index contributed by atoms with van der Waals surface area (Å²) < 4.78 is 0. The molecule has 4 nitrogen and oxygen atoms in total. The van der Waals surface area contributed by atoms with Crippen LogP contribution in [0.2, 0.25) is 0 Å². The van der Waals surface area contributed by atoms with Gasteiger partial charge in [-0.3, -0.25) is 9.59 Å². The largest absolute Gasteiger partial charge is 0.480 e. The van der Waals surface area contributed by atoms with Crippen molar-refractivity contribution in [1.29, 1.82) is 0 Å². The van der Waals surface area contributed by atoms with Crippen LogP contribution in [-0.2, 0) is 9.59 Å². The number of rotatable bonds is 5. The lowest BCUT2D eigenvalue weighted by Crippen LogP contribution is -2.52. The lowest BCUT2D eigenvalue weighted by Gasteiger charge is -2.39. The standard InChI is InChI=1S/C11H17NO3/c1-3-8-12(4-2)9(13)11(10(14)15)6-5-7-11/h3H,1,4-8H2,2H3,(H,14,15). The monoisotopic (exact) mass is 211 g/mol. The molecule has 1 rings (SSSR count). The van der Waals surface area contributed by atoms with Crippen molar-refractivity contribution in [3.8, 4) is 0 Å². The zero-order chi connectivity index (χ0) is 11.5. The molecule has 15 heavy (non-hydrogen) atoms. The minimum Gasteiger partial charge on any atom is -0.480 e. The molecule has 1 amide bonds. The van der Waals surface area contributed by atoms with Crippen LogP contribution in [-0.4, -0.2) is 35.0 Å². The van der Waals surface area contributed by atoms with E-state index in [4.69, 9.17) is 5.11 Å². The Morgan fingerprint density at radius 2 is 2.13 bits per heavy atom. The van der Waals surface area contributed by atoms with E-state index in [-0.39, 0.29) is 5.91 Å². The lowest BCUT2D eigenvalue weighted by atomic mass is 9.67. The molecule has 4 heteroatoms. The highest BCUT2D eigenvalue weighted by Crippen LogP contribution is 2.42. The topological polar surface area (TPSA) is 57.6 Å². The van der Waals surface area contributed by atoms with Crippen LogP contribution in [0.25, 0.3) is 0 Å². The molecule has 84 valence electrons. The smallest absolute Gasteiger partial charge is 0.319 e. The maximum Gasteiger partial charge on any atom is 0.319 e. The Labute approximate surface area is 89.6 Å². The molecule has 0 aromatic rings. The van der Waals surface area contributed by atoms with Gasteiger partial charge in [-0.15, -0.1) is 6.58 Å². The SMILES string of the molecule is C=CCN(CC)C(=O)C1(C(=O)O)CCC1. The van der Waals surface area contributed by atoms with Gasteiger partial charge in [-0.1, -0.05) is 12.5 Å². The van der Waals surface area contributed by atoms with Gasteiger partial charge in [0.25, 0.3) is 0 Å². The summed E-state index contributed by atoms with van der Waals surface area (Å²) in [5.74, 6) is -1.25. The van der Waals surface area contributed by atoms with E-state index >= 15 is 0 Å². The molecular weight excluding hydrogens is 194 g/mol. The van der Waals surface area contributed by atoms with Crippen molar-refractivity contribution in [1.82, 2.24) is 4.90 Å². The first-order valence-corrected chi connectivity index (χ1v) is 5.22. The summed E-state index contributed by atoms with van der Waals surface area (Å²) in [5, 5.41) is 9.09. The van der Waals surface area contributed by atoms with Crippen LogP contribution in [0.4, 0.5) is 0 Å². The molecule has 0 saturated heterocycles. The Bertz CT molecular complexity index is 282. The maximum atomic E-state index is 12.0. The molecule has 1 fully saturated rings. The summed E-state index contributed by atoms with van der Waals surface area (Å²) in [5.41, 5.74) is -1.14. The van der Waals surface area contributed by atoms with Gasteiger partial charge < -0.3 is 10.0 Å². The molecule has 0 unspecified atom stereocenters. The van der Waals surface area contributed by atoms with Crippen LogP contribution >= 0.6 is 0 Å². The van der Waals surface area contributed by atoms with Gasteiger partial charge in [0.05, 0.1) is 0 Å². The molecule has 0 aromatic carbocycles. The number of hydrogen-bond acceptors (Lipinski definition) is 2. The van der Waals surface area contributed by atoms with Gasteiger partial charge in [-0.2, -0.15) is 0 Å². The van der Waals surface area contributed by atoms with Gasteiger partial charge in [-0.25, -0.2) is 0 Å². The molecule has 1 aliphatic rings. The molecule has 0 aliphatic heterocycles. The van der Waals surface area contributed by atoms with Gasteiger partial charge in [-0.05, 0) is 19.8 Å². The minimum atomic E-state index is -1.14. The molecule has 0 aromatic heterocycles. The van der Waals surface area contributed by atoms with Gasteiger partial charge in [0.15, 0.2) is 0 Å². The van der Waals surface area contributed by atoms with E-state index in [2.05, 4.69) is 6.58 Å². The first-order valence-electron chi connectivity index (χ1n) is 5.22. The predicted molar refractivity (Wildman–Crippen MR) is 56.4 cm³/mol. The molecule has 0 spiro atoms. The summed E-state index contributed by atoms with van der Waals surface area (Å²) in [7, 11) is 0. The normalized spacial score (nSPS) is 17.7. The van der Waals surface area contributed by atoms with E-state index in [1.807, 2.05) is 6.92 Å². The van der Waals surface area contributed by atoms with Crippen molar-refractivity contribution in [3.63, 3.8) is 0 Å². The molecule has 1 saturated carbocycles. The number of likely N-dealkylation sites (N-methyl/N-ethyl adjacent to an activating group) is 1. The third kappa shape index (κ3) is 1.89. The highest BCUT2D eigenvalue weighted by Gasteiger charge is 2.52. The highest BCUT2D eigenvalue weighted by molar-refractivity contribution is 6.02. The number of carbonyl (C=O) groups excluding carboxylic acids is 1. The highest BCUT2D eigenvalue weighted by atomic mass is 16.4. The van der Waals surface area contributed by atoms with Crippen molar-refractivity contribution >= 4 is 11.9 Å². The number of carboxylic acids is 1. The number of aliphatic carboxylic acids is 1. The lowest BCUT2D eigenvalue weighted by molar-refractivity contribution is -0.167. The Morgan fingerprint density at radius 1 is 1.53 bits per heavy atom. The van der Waals surface area contributed by atoms with Crippen LogP contribution in [0.5, 0.6) is 0 Å². The van der Waals surface area contributed by atoms with Crippen LogP contribution in [0, 0.1) is 5.41 Å². The van der Waals surface area contributed by atoms with E-state index in [0.29, 0.717) is 25.9 Å². The second-order valence-electron chi connectivity index (χ2n) is 3.87. The first kappa shape index (κ1) is 11.8. The second-order valence-corrected chi connectivity index (χ2v) is 3.87. The van der Waals surface area contributed by atoms with E-state index in [1.54, 1.807) is 11.0 Å². The average molecular weight is 211 g/mol. The van der Waals surface area contributed by atoms with Gasteiger partial charge in [0.2, 0.25) is 5.91 Å². The maximum absolute atomic E-state index is 12.0. The van der Waals surface area contributed by atoms with E-state index in [1.165, 1.54) is 0 Å². The van der Waals surface area contributed by atoms with Crippen molar-refractivity contribution < 1.29 is 14.7 Å². The zero-order valence-electron chi connectivity index (χ0n) is 9.03. The van der Waals surface area contributed by atoms with Crippen LogP contribution in [0.3, 0.4) is 0 Å². The van der Waals surface area contributed by atoms with E-state index in [9.17, 15) is 9.59 Å². The Kier molecular flexibility index (Phi) is 3.50. The number of hydrogen-bond donors (Lipinski definition) is 1. The van der Waals surface area contributed by atoms with Crippen molar-refractivity contribution in [2.45, 2.75) is 26.2 Å². The summed E-state index contributed by atoms with van der Waals surface area (Å²) >= 11 is 0. The van der Waals surface area contributed by atoms with Gasteiger partial charge in [0.1, 0.15) is 5.41 Å². The molecule has 0 heterocycles. The number of amides is 1. The first-order chi connectivity index (χ1) is 7.08. The molecule has 0 bridgehead atoms. The third-order valence-electron chi connectivity index (χ3n) is 3.04. The molecule has 0 atom stereocenters. The van der Waals surface area contributed by atoms with E-state index in [0.717, 1.165) is 6.42 Å². The van der Waals surface area contributed by atoms with Crippen molar-refractivity contribution in [3.05, 3.63) is 12.7 Å². The fraction of sp³-hybridized carbons (Fsp3) is 0.636. The third-order valence-corrected chi connectivity index (χ3v) is 3.04. The number of nitrogens with zero attached hydrogens (tertiary/aromatic N) is 1. The molecule has 1 N–H and O–H groups in total. The fourth-order valence-electron chi connectivity index (χ4n) is 1.86. The summed E-state index contributed by atoms with van der Waals surface area (Å²) in [4.78, 5) is 24.6. The Balaban J connectivity index is 2.80. The summed E-state index contributed by atoms with van der Waals surface area (Å²) in [6.45, 7) is 6.35. The van der Waals surface area contributed by atoms with Gasteiger partial charge in [0, 0.05) is 13.1 Å². The second kappa shape index (κ2) is 4.47. The Morgan fingerprint density at radius 3 is 2.40 bits per heavy atom. The van der Waals surface area contributed by atoms with Crippen LogP contribution in [0.1, 0.15) is 26.2 Å². The Hall–Kier alpha value is -1.32. The number of carboxylic acid groups (broad SMARTS) is 1. The molecular formula is C11H17NO3. The van der Waals surface area contributed by atoms with Crippen LogP contribution in [0.15, 0.2) is 12.7 Å². The number of carbonyl (C=O) groups is 2. The van der Waals surface area contributed by atoms with Crippen molar-refractivity contribution in [2.75, 3.05) is 13.1 Å². The summed E-state index contributed by atoms with van der Waals surface area (Å²) in [6, 6.07) is 0. The van der Waals surface area contributed by atoms with E-state index < -0.39 is 11.4 Å². The predicted octanol–water partition coefficient (Wildman–Crippen LogP) is 1.28. The molecule has 0 radical (unpaired) electrons. The minimum absolute atomic E-state index is 0.261. The average Bonchev–Trinajstić information content (AvgIpc) is 2.11. The van der Waals surface area contributed by atoms with Gasteiger partial charge >= 0.3 is 5.97 Å². The fourth-order valence-corrected chi connectivity index (χ4v) is 1.86. The zero-order valence-corrected chi connectivity index (χ0v) is 9.03.